The van der Waals surface area contributed by atoms with Crippen molar-refractivity contribution in [3.63, 3.8) is 0 Å². The number of aryl methyl sites for hydroxylation is 1. The molecule has 1 heterocycles. The van der Waals surface area contributed by atoms with Crippen molar-refractivity contribution in [1.82, 2.24) is 5.32 Å². The summed E-state index contributed by atoms with van der Waals surface area (Å²) in [6.45, 7) is 4.01. The topological polar surface area (TPSA) is 25.2 Å². The molecule has 1 N–H and O–H groups in total. The Labute approximate surface area is 117 Å². The van der Waals surface area contributed by atoms with Crippen LogP contribution in [0.1, 0.15) is 37.6 Å². The molecule has 2 nitrogen and oxygen atoms in total. The summed E-state index contributed by atoms with van der Waals surface area (Å²) in [5.41, 5.74) is 0.744. The Balaban J connectivity index is 1.86. The maximum Gasteiger partial charge on any atom is 0.159 e. The van der Waals surface area contributed by atoms with E-state index in [1.807, 2.05) is 19.1 Å². The lowest BCUT2D eigenvalue weighted by atomic mass is 10.1. The van der Waals surface area contributed by atoms with Crippen molar-refractivity contribution in [2.75, 3.05) is 0 Å². The van der Waals surface area contributed by atoms with Gasteiger partial charge in [0.25, 0.3) is 0 Å². The van der Waals surface area contributed by atoms with Crippen molar-refractivity contribution in [2.24, 2.45) is 0 Å². The first-order chi connectivity index (χ1) is 9.56. The molecule has 4 heteroatoms. The van der Waals surface area contributed by atoms with Gasteiger partial charge in [0.1, 0.15) is 5.76 Å². The summed E-state index contributed by atoms with van der Waals surface area (Å²) in [5, 5.41) is 3.37. The Hall–Kier alpha value is -1.68. The highest BCUT2D eigenvalue weighted by atomic mass is 19.2. The number of rotatable bonds is 6. The van der Waals surface area contributed by atoms with Crippen LogP contribution in [0.15, 0.2) is 41.0 Å². The van der Waals surface area contributed by atoms with Gasteiger partial charge in [-0.25, -0.2) is 8.78 Å². The van der Waals surface area contributed by atoms with Crippen molar-refractivity contribution in [1.29, 1.82) is 0 Å². The minimum Gasteiger partial charge on any atom is -0.469 e. The molecule has 2 aromatic rings. The summed E-state index contributed by atoms with van der Waals surface area (Å²) < 4.78 is 31.4. The lowest BCUT2D eigenvalue weighted by Gasteiger charge is -2.20. The summed E-state index contributed by atoms with van der Waals surface area (Å²) in [5.74, 6) is -0.662. The molecule has 0 amide bonds. The highest BCUT2D eigenvalue weighted by Crippen LogP contribution is 2.17. The normalized spacial score (nSPS) is 14.2. The van der Waals surface area contributed by atoms with E-state index in [2.05, 4.69) is 12.2 Å². The predicted molar refractivity (Wildman–Crippen MR) is 74.4 cm³/mol. The van der Waals surface area contributed by atoms with E-state index in [-0.39, 0.29) is 12.1 Å². The van der Waals surface area contributed by atoms with Gasteiger partial charge in [0.15, 0.2) is 11.6 Å². The van der Waals surface area contributed by atoms with Crippen LogP contribution in [-0.2, 0) is 6.42 Å². The van der Waals surface area contributed by atoms with Gasteiger partial charge in [-0.3, -0.25) is 0 Å². The molecular weight excluding hydrogens is 260 g/mol. The first-order valence-corrected chi connectivity index (χ1v) is 6.79. The highest BCUT2D eigenvalue weighted by Gasteiger charge is 2.12. The Morgan fingerprint density at radius 1 is 1.15 bits per heavy atom. The highest BCUT2D eigenvalue weighted by molar-refractivity contribution is 5.20. The lowest BCUT2D eigenvalue weighted by Crippen LogP contribution is -2.29. The standard InChI is InChI=1S/C16H19F2NO/c1-11(5-7-14-4-3-9-20-14)19-12(2)13-6-8-15(17)16(18)10-13/h3-4,6,8-12,19H,5,7H2,1-2H3. The molecule has 0 bridgehead atoms. The maximum atomic E-state index is 13.2. The SMILES string of the molecule is CC(CCc1ccco1)NC(C)c1ccc(F)c(F)c1. The number of nitrogens with one attached hydrogen (secondary N) is 1. The molecule has 2 atom stereocenters. The largest absolute Gasteiger partial charge is 0.469 e. The van der Waals surface area contributed by atoms with E-state index in [0.717, 1.165) is 30.2 Å². The van der Waals surface area contributed by atoms with E-state index in [0.29, 0.717) is 0 Å². The molecule has 0 aliphatic carbocycles. The van der Waals surface area contributed by atoms with Gasteiger partial charge in [-0.05, 0) is 50.1 Å². The molecule has 20 heavy (non-hydrogen) atoms. The average molecular weight is 279 g/mol. The van der Waals surface area contributed by atoms with Crippen molar-refractivity contribution in [3.8, 4) is 0 Å². The number of hydrogen-bond acceptors (Lipinski definition) is 2. The van der Waals surface area contributed by atoms with Crippen molar-refractivity contribution < 1.29 is 13.2 Å². The van der Waals surface area contributed by atoms with Crippen LogP contribution in [0.5, 0.6) is 0 Å². The van der Waals surface area contributed by atoms with E-state index in [1.165, 1.54) is 6.07 Å². The van der Waals surface area contributed by atoms with Crippen LogP contribution in [0, 0.1) is 11.6 Å². The fourth-order valence-corrected chi connectivity index (χ4v) is 2.20. The summed E-state index contributed by atoms with van der Waals surface area (Å²) in [6, 6.07) is 8.06. The fourth-order valence-electron chi connectivity index (χ4n) is 2.20. The van der Waals surface area contributed by atoms with Crippen molar-refractivity contribution in [3.05, 3.63) is 59.6 Å². The second-order valence-electron chi connectivity index (χ2n) is 5.08. The molecule has 0 aliphatic rings. The number of hydrogen-bond donors (Lipinski definition) is 1. The molecule has 0 radical (unpaired) electrons. The molecule has 2 rings (SSSR count). The first kappa shape index (κ1) is 14.7. The van der Waals surface area contributed by atoms with E-state index < -0.39 is 11.6 Å². The third kappa shape index (κ3) is 3.90. The van der Waals surface area contributed by atoms with E-state index in [9.17, 15) is 8.78 Å². The van der Waals surface area contributed by atoms with Crippen LogP contribution in [0.25, 0.3) is 0 Å². The molecule has 0 spiro atoms. The van der Waals surface area contributed by atoms with Crippen molar-refractivity contribution in [2.45, 2.75) is 38.8 Å². The van der Waals surface area contributed by atoms with E-state index >= 15 is 0 Å². The third-order valence-electron chi connectivity index (χ3n) is 3.38. The monoisotopic (exact) mass is 279 g/mol. The molecule has 2 unspecified atom stereocenters. The Bertz CT molecular complexity index is 539. The number of benzene rings is 1. The Morgan fingerprint density at radius 3 is 2.60 bits per heavy atom. The predicted octanol–water partition coefficient (Wildman–Crippen LogP) is 4.23. The second kappa shape index (κ2) is 6.66. The lowest BCUT2D eigenvalue weighted by molar-refractivity contribution is 0.428. The van der Waals surface area contributed by atoms with Gasteiger partial charge in [-0.15, -0.1) is 0 Å². The van der Waals surface area contributed by atoms with Crippen LogP contribution in [0.3, 0.4) is 0 Å². The molecule has 108 valence electrons. The maximum absolute atomic E-state index is 13.2. The van der Waals surface area contributed by atoms with Gasteiger partial charge in [0.05, 0.1) is 6.26 Å². The van der Waals surface area contributed by atoms with Crippen LogP contribution < -0.4 is 5.32 Å². The minimum atomic E-state index is -0.813. The smallest absolute Gasteiger partial charge is 0.159 e. The van der Waals surface area contributed by atoms with E-state index in [1.54, 1.807) is 12.3 Å². The summed E-state index contributed by atoms with van der Waals surface area (Å²) >= 11 is 0. The van der Waals surface area contributed by atoms with Gasteiger partial charge in [-0.1, -0.05) is 6.07 Å². The first-order valence-electron chi connectivity index (χ1n) is 6.79. The zero-order valence-electron chi connectivity index (χ0n) is 11.7. The van der Waals surface area contributed by atoms with Gasteiger partial charge in [0.2, 0.25) is 0 Å². The van der Waals surface area contributed by atoms with Crippen LogP contribution in [-0.4, -0.2) is 6.04 Å². The molecule has 0 saturated heterocycles. The number of halogens is 2. The zero-order chi connectivity index (χ0) is 14.5. The number of furan rings is 1. The molecule has 1 aromatic heterocycles. The van der Waals surface area contributed by atoms with Gasteiger partial charge in [0, 0.05) is 18.5 Å². The van der Waals surface area contributed by atoms with Crippen LogP contribution in [0.4, 0.5) is 8.78 Å². The summed E-state index contributed by atoms with van der Waals surface area (Å²) in [7, 11) is 0. The fraction of sp³-hybridized carbons (Fsp3) is 0.375. The van der Waals surface area contributed by atoms with E-state index in [4.69, 9.17) is 4.42 Å². The molecule has 0 saturated carbocycles. The van der Waals surface area contributed by atoms with Gasteiger partial charge in [-0.2, -0.15) is 0 Å². The Kier molecular flexibility index (Phi) is 4.90. The van der Waals surface area contributed by atoms with Gasteiger partial charge >= 0.3 is 0 Å². The molecule has 1 aromatic carbocycles. The van der Waals surface area contributed by atoms with Gasteiger partial charge < -0.3 is 9.73 Å². The molecule has 0 aliphatic heterocycles. The van der Waals surface area contributed by atoms with Crippen LogP contribution >= 0.6 is 0 Å². The zero-order valence-corrected chi connectivity index (χ0v) is 11.7. The second-order valence-corrected chi connectivity index (χ2v) is 5.08. The molecule has 0 fully saturated rings. The summed E-state index contributed by atoms with van der Waals surface area (Å²) in [6.07, 6.45) is 3.44. The minimum absolute atomic E-state index is 0.0308. The Morgan fingerprint density at radius 2 is 1.95 bits per heavy atom. The summed E-state index contributed by atoms with van der Waals surface area (Å²) in [4.78, 5) is 0. The van der Waals surface area contributed by atoms with Crippen LogP contribution in [0.2, 0.25) is 0 Å². The quantitative estimate of drug-likeness (QED) is 0.856. The van der Waals surface area contributed by atoms with Crippen molar-refractivity contribution >= 4 is 0 Å². The third-order valence-corrected chi connectivity index (χ3v) is 3.38. The average Bonchev–Trinajstić information content (AvgIpc) is 2.92. The molecular formula is C16H19F2NO.